The van der Waals surface area contributed by atoms with E-state index in [2.05, 4.69) is 18.7 Å². The third-order valence-electron chi connectivity index (χ3n) is 2.80. The van der Waals surface area contributed by atoms with Gasteiger partial charge >= 0.3 is 0 Å². The third-order valence-corrected chi connectivity index (χ3v) is 2.80. The van der Waals surface area contributed by atoms with Gasteiger partial charge < -0.3 is 4.90 Å². The fourth-order valence-corrected chi connectivity index (χ4v) is 1.80. The van der Waals surface area contributed by atoms with E-state index in [0.717, 1.165) is 12.5 Å². The summed E-state index contributed by atoms with van der Waals surface area (Å²) in [6, 6.07) is 0.433. The molecule has 1 saturated carbocycles. The van der Waals surface area contributed by atoms with Gasteiger partial charge in [0.05, 0.1) is 0 Å². The van der Waals surface area contributed by atoms with Gasteiger partial charge in [-0.1, -0.05) is 6.92 Å². The molecule has 1 unspecified atom stereocenters. The molecular formula is C11H21NO. The summed E-state index contributed by atoms with van der Waals surface area (Å²) in [6.45, 7) is 8.30. The van der Waals surface area contributed by atoms with Crippen LogP contribution in [0.2, 0.25) is 0 Å². The van der Waals surface area contributed by atoms with E-state index < -0.39 is 0 Å². The summed E-state index contributed by atoms with van der Waals surface area (Å²) in [7, 11) is 0. The van der Waals surface area contributed by atoms with E-state index in [1.54, 1.807) is 6.92 Å². The van der Waals surface area contributed by atoms with Crippen LogP contribution in [-0.2, 0) is 4.79 Å². The molecule has 0 aromatic carbocycles. The summed E-state index contributed by atoms with van der Waals surface area (Å²) < 4.78 is 0. The van der Waals surface area contributed by atoms with Gasteiger partial charge in [0, 0.05) is 19.0 Å². The highest BCUT2D eigenvalue weighted by atomic mass is 16.1. The van der Waals surface area contributed by atoms with Crippen LogP contribution in [0.15, 0.2) is 0 Å². The average Bonchev–Trinajstić information content (AvgIpc) is 2.81. The highest BCUT2D eigenvalue weighted by molar-refractivity contribution is 5.76. The smallest absolute Gasteiger partial charge is 0.131 e. The van der Waals surface area contributed by atoms with Gasteiger partial charge in [0.1, 0.15) is 5.78 Å². The number of carbonyl (C=O) groups excluding carboxylic acids is 1. The molecule has 76 valence electrons. The van der Waals surface area contributed by atoms with E-state index in [4.69, 9.17) is 0 Å². The number of hydrogen-bond donors (Lipinski definition) is 0. The van der Waals surface area contributed by atoms with Crippen molar-refractivity contribution in [1.82, 2.24) is 4.90 Å². The van der Waals surface area contributed by atoms with Crippen molar-refractivity contribution in [3.05, 3.63) is 0 Å². The van der Waals surface area contributed by atoms with Crippen LogP contribution < -0.4 is 0 Å². The Balaban J connectivity index is 2.29. The molecule has 1 rings (SSSR count). The summed E-state index contributed by atoms with van der Waals surface area (Å²) in [5.74, 6) is 1.23. The Labute approximate surface area is 81.3 Å². The van der Waals surface area contributed by atoms with Gasteiger partial charge in [0.15, 0.2) is 0 Å². The fraction of sp³-hybridized carbons (Fsp3) is 0.909. The molecule has 0 aromatic rings. The molecule has 0 saturated heterocycles. The van der Waals surface area contributed by atoms with E-state index in [1.165, 1.54) is 19.4 Å². The van der Waals surface area contributed by atoms with Crippen LogP contribution in [0.25, 0.3) is 0 Å². The van der Waals surface area contributed by atoms with Crippen molar-refractivity contribution in [1.29, 1.82) is 0 Å². The number of ketones is 1. The molecule has 0 heterocycles. The summed E-state index contributed by atoms with van der Waals surface area (Å²) in [5, 5.41) is 0. The maximum Gasteiger partial charge on any atom is 0.131 e. The van der Waals surface area contributed by atoms with Crippen molar-refractivity contribution in [2.75, 3.05) is 13.1 Å². The van der Waals surface area contributed by atoms with Gasteiger partial charge in [-0.15, -0.1) is 0 Å². The first-order valence-electron chi connectivity index (χ1n) is 5.37. The standard InChI is InChI=1S/C11H21NO/c1-4-12(8-11-5-6-11)9(2)7-10(3)13/h9,11H,4-8H2,1-3H3. The Hall–Kier alpha value is -0.370. The van der Waals surface area contributed by atoms with E-state index in [1.807, 2.05) is 0 Å². The second-order valence-electron chi connectivity index (χ2n) is 4.29. The van der Waals surface area contributed by atoms with Crippen molar-refractivity contribution in [3.8, 4) is 0 Å². The number of Topliss-reactive ketones (excluding diaryl/α,β-unsaturated/α-hetero) is 1. The lowest BCUT2D eigenvalue weighted by Gasteiger charge is -2.26. The lowest BCUT2D eigenvalue weighted by Crippen LogP contribution is -2.35. The number of carbonyl (C=O) groups is 1. The maximum absolute atomic E-state index is 10.9. The van der Waals surface area contributed by atoms with E-state index in [9.17, 15) is 4.79 Å². The van der Waals surface area contributed by atoms with Gasteiger partial charge in [-0.05, 0) is 39.2 Å². The molecule has 2 nitrogen and oxygen atoms in total. The minimum atomic E-state index is 0.307. The average molecular weight is 183 g/mol. The molecule has 0 spiro atoms. The van der Waals surface area contributed by atoms with Crippen LogP contribution in [0.1, 0.15) is 40.0 Å². The SMILES string of the molecule is CCN(CC1CC1)C(C)CC(C)=O. The topological polar surface area (TPSA) is 20.3 Å². The molecule has 1 aliphatic rings. The molecule has 1 aliphatic carbocycles. The Kier molecular flexibility index (Phi) is 3.91. The second-order valence-corrected chi connectivity index (χ2v) is 4.29. The van der Waals surface area contributed by atoms with E-state index in [-0.39, 0.29) is 0 Å². The predicted octanol–water partition coefficient (Wildman–Crippen LogP) is 2.09. The van der Waals surface area contributed by atoms with Crippen LogP contribution in [0.4, 0.5) is 0 Å². The number of hydrogen-bond acceptors (Lipinski definition) is 2. The van der Waals surface area contributed by atoms with Crippen molar-refractivity contribution >= 4 is 5.78 Å². The largest absolute Gasteiger partial charge is 0.300 e. The summed E-state index contributed by atoms with van der Waals surface area (Å²) in [5.41, 5.74) is 0. The molecule has 2 heteroatoms. The quantitative estimate of drug-likeness (QED) is 0.628. The van der Waals surface area contributed by atoms with Crippen LogP contribution in [-0.4, -0.2) is 29.8 Å². The van der Waals surface area contributed by atoms with Crippen molar-refractivity contribution < 1.29 is 4.79 Å². The predicted molar refractivity (Wildman–Crippen MR) is 54.7 cm³/mol. The minimum Gasteiger partial charge on any atom is -0.300 e. The lowest BCUT2D eigenvalue weighted by atomic mass is 10.1. The monoisotopic (exact) mass is 183 g/mol. The van der Waals surface area contributed by atoms with Crippen LogP contribution in [0.3, 0.4) is 0 Å². The van der Waals surface area contributed by atoms with Gasteiger partial charge in [-0.2, -0.15) is 0 Å². The first kappa shape index (κ1) is 10.7. The third kappa shape index (κ3) is 3.90. The highest BCUT2D eigenvalue weighted by Gasteiger charge is 2.25. The number of nitrogens with zero attached hydrogens (tertiary/aromatic N) is 1. The summed E-state index contributed by atoms with van der Waals surface area (Å²) in [4.78, 5) is 13.4. The lowest BCUT2D eigenvalue weighted by molar-refractivity contribution is -0.118. The molecule has 13 heavy (non-hydrogen) atoms. The second kappa shape index (κ2) is 4.75. The fourth-order valence-electron chi connectivity index (χ4n) is 1.80. The van der Waals surface area contributed by atoms with E-state index in [0.29, 0.717) is 18.2 Å². The molecule has 0 aliphatic heterocycles. The van der Waals surface area contributed by atoms with Crippen molar-refractivity contribution in [3.63, 3.8) is 0 Å². The molecule has 0 radical (unpaired) electrons. The molecular weight excluding hydrogens is 162 g/mol. The molecule has 0 amide bonds. The van der Waals surface area contributed by atoms with Crippen LogP contribution in [0, 0.1) is 5.92 Å². The zero-order valence-corrected chi connectivity index (χ0v) is 9.05. The highest BCUT2D eigenvalue weighted by Crippen LogP contribution is 2.30. The Morgan fingerprint density at radius 1 is 1.54 bits per heavy atom. The summed E-state index contributed by atoms with van der Waals surface area (Å²) >= 11 is 0. The molecule has 0 N–H and O–H groups in total. The first-order chi connectivity index (χ1) is 6.13. The first-order valence-corrected chi connectivity index (χ1v) is 5.37. The van der Waals surface area contributed by atoms with Gasteiger partial charge in [-0.3, -0.25) is 4.79 Å². The normalized spacial score (nSPS) is 19.1. The van der Waals surface area contributed by atoms with Crippen molar-refractivity contribution in [2.24, 2.45) is 5.92 Å². The summed E-state index contributed by atoms with van der Waals surface area (Å²) in [6.07, 6.45) is 3.49. The molecule has 0 bridgehead atoms. The Morgan fingerprint density at radius 3 is 2.54 bits per heavy atom. The van der Waals surface area contributed by atoms with Gasteiger partial charge in [-0.25, -0.2) is 0 Å². The minimum absolute atomic E-state index is 0.307. The number of rotatable bonds is 6. The van der Waals surface area contributed by atoms with Gasteiger partial charge in [0.25, 0.3) is 0 Å². The van der Waals surface area contributed by atoms with Crippen molar-refractivity contribution in [2.45, 2.75) is 46.1 Å². The molecule has 1 atom stereocenters. The zero-order chi connectivity index (χ0) is 9.84. The van der Waals surface area contributed by atoms with Crippen LogP contribution in [0.5, 0.6) is 0 Å². The van der Waals surface area contributed by atoms with Gasteiger partial charge in [0.2, 0.25) is 0 Å². The Bertz CT molecular complexity index is 175. The molecule has 1 fully saturated rings. The van der Waals surface area contributed by atoms with Crippen LogP contribution >= 0.6 is 0 Å². The Morgan fingerprint density at radius 2 is 2.15 bits per heavy atom. The van der Waals surface area contributed by atoms with E-state index >= 15 is 0 Å². The molecule has 0 aromatic heterocycles. The maximum atomic E-state index is 10.9. The zero-order valence-electron chi connectivity index (χ0n) is 9.05.